The molecule has 122 valence electrons. The Labute approximate surface area is 130 Å². The molecule has 0 aromatic heterocycles. The number of carbonyl (C=O) groups is 1. The van der Waals surface area contributed by atoms with E-state index < -0.39 is 13.8 Å². The van der Waals surface area contributed by atoms with Gasteiger partial charge in [0, 0.05) is 5.56 Å². The average molecular weight is 328 g/mol. The molecular formula is C15H21O6P. The lowest BCUT2D eigenvalue weighted by molar-refractivity contribution is -0.139. The van der Waals surface area contributed by atoms with E-state index in [1.165, 1.54) is 13.2 Å². The number of rotatable bonds is 9. The van der Waals surface area contributed by atoms with Gasteiger partial charge in [-0.25, -0.2) is 4.57 Å². The second-order valence-electron chi connectivity index (χ2n) is 4.09. The predicted molar refractivity (Wildman–Crippen MR) is 83.0 cm³/mol. The Morgan fingerprint density at radius 1 is 1.14 bits per heavy atom. The van der Waals surface area contributed by atoms with E-state index in [1.54, 1.807) is 38.1 Å². The first kappa shape index (κ1) is 18.4. The van der Waals surface area contributed by atoms with Crippen LogP contribution in [0.2, 0.25) is 0 Å². The van der Waals surface area contributed by atoms with Crippen molar-refractivity contribution >= 4 is 19.6 Å². The molecule has 0 spiro atoms. The Morgan fingerprint density at radius 2 is 1.73 bits per heavy atom. The van der Waals surface area contributed by atoms with Gasteiger partial charge in [-0.05, 0) is 19.9 Å². The molecule has 0 aliphatic carbocycles. The maximum absolute atomic E-state index is 12.5. The highest BCUT2D eigenvalue weighted by Crippen LogP contribution is 2.52. The van der Waals surface area contributed by atoms with E-state index in [4.69, 9.17) is 13.6 Å². The Balaban J connectivity index is 3.04. The van der Waals surface area contributed by atoms with Gasteiger partial charge in [0.15, 0.2) is 0 Å². The third kappa shape index (κ3) is 6.02. The summed E-state index contributed by atoms with van der Waals surface area (Å²) in [4.78, 5) is 11.3. The molecule has 0 unspecified atom stereocenters. The van der Waals surface area contributed by atoms with Gasteiger partial charge < -0.3 is 9.26 Å². The standard InChI is InChI=1S/C15H21O6P/c1-4-19-22(17,20-5-2)21-14(11-12-15(16)18-3)13-9-7-6-8-10-13/h6-11H,4-5,12H2,1-3H3/b14-11-. The highest BCUT2D eigenvalue weighted by atomic mass is 31.2. The molecule has 0 bridgehead atoms. The van der Waals surface area contributed by atoms with Crippen LogP contribution in [0.5, 0.6) is 0 Å². The van der Waals surface area contributed by atoms with Crippen molar-refractivity contribution in [2.75, 3.05) is 20.3 Å². The van der Waals surface area contributed by atoms with E-state index in [9.17, 15) is 9.36 Å². The van der Waals surface area contributed by atoms with E-state index in [1.807, 2.05) is 6.07 Å². The molecule has 0 saturated carbocycles. The quantitative estimate of drug-likeness (QED) is 0.390. The SMILES string of the molecule is CCOP(=O)(OCC)O/C(=C\CC(=O)OC)c1ccccc1. The smallest absolute Gasteiger partial charge is 0.469 e. The lowest BCUT2D eigenvalue weighted by atomic mass is 10.1. The summed E-state index contributed by atoms with van der Waals surface area (Å²) >= 11 is 0. The molecule has 0 aliphatic heterocycles. The lowest BCUT2D eigenvalue weighted by Crippen LogP contribution is -2.02. The van der Waals surface area contributed by atoms with Crippen LogP contribution in [-0.4, -0.2) is 26.3 Å². The first-order valence-electron chi connectivity index (χ1n) is 6.95. The molecule has 0 N–H and O–H groups in total. The van der Waals surface area contributed by atoms with Gasteiger partial charge in [0.25, 0.3) is 0 Å². The van der Waals surface area contributed by atoms with Gasteiger partial charge >= 0.3 is 13.8 Å². The van der Waals surface area contributed by atoms with Gasteiger partial charge in [0.05, 0.1) is 26.7 Å². The van der Waals surface area contributed by atoms with Gasteiger partial charge in [-0.15, -0.1) is 0 Å². The van der Waals surface area contributed by atoms with Gasteiger partial charge in [-0.3, -0.25) is 13.8 Å². The van der Waals surface area contributed by atoms with Crippen molar-refractivity contribution in [3.63, 3.8) is 0 Å². The number of phosphoric acid groups is 1. The van der Waals surface area contributed by atoms with Crippen molar-refractivity contribution in [2.24, 2.45) is 0 Å². The fourth-order valence-corrected chi connectivity index (χ4v) is 2.83. The number of hydrogen-bond donors (Lipinski definition) is 0. The normalized spacial score (nSPS) is 12.0. The molecule has 0 amide bonds. The van der Waals surface area contributed by atoms with Crippen molar-refractivity contribution in [1.29, 1.82) is 0 Å². The van der Waals surface area contributed by atoms with E-state index in [0.717, 1.165) is 0 Å². The number of esters is 1. The van der Waals surface area contributed by atoms with Gasteiger partial charge in [-0.1, -0.05) is 30.3 Å². The van der Waals surface area contributed by atoms with Crippen LogP contribution in [0, 0.1) is 0 Å². The molecule has 0 aliphatic rings. The largest absolute Gasteiger partial charge is 0.530 e. The summed E-state index contributed by atoms with van der Waals surface area (Å²) in [6.07, 6.45) is 1.48. The average Bonchev–Trinajstić information content (AvgIpc) is 2.52. The molecular weight excluding hydrogens is 307 g/mol. The van der Waals surface area contributed by atoms with Crippen LogP contribution in [0.15, 0.2) is 36.4 Å². The Morgan fingerprint density at radius 3 is 2.23 bits per heavy atom. The number of ether oxygens (including phenoxy) is 1. The topological polar surface area (TPSA) is 71.1 Å². The summed E-state index contributed by atoms with van der Waals surface area (Å²) in [6, 6.07) is 8.98. The van der Waals surface area contributed by atoms with E-state index in [2.05, 4.69) is 4.74 Å². The van der Waals surface area contributed by atoms with Crippen LogP contribution in [0.4, 0.5) is 0 Å². The minimum absolute atomic E-state index is 0.0149. The summed E-state index contributed by atoms with van der Waals surface area (Å²) in [5, 5.41) is 0. The molecule has 0 radical (unpaired) electrons. The molecule has 0 heterocycles. The molecule has 0 fully saturated rings. The molecule has 1 rings (SSSR count). The van der Waals surface area contributed by atoms with Crippen molar-refractivity contribution in [3.8, 4) is 0 Å². The van der Waals surface area contributed by atoms with Gasteiger partial charge in [-0.2, -0.15) is 0 Å². The third-order valence-electron chi connectivity index (χ3n) is 2.52. The summed E-state index contributed by atoms with van der Waals surface area (Å²) < 4.78 is 32.8. The minimum Gasteiger partial charge on any atom is -0.469 e. The Hall–Kier alpha value is -1.62. The first-order chi connectivity index (χ1) is 10.5. The number of methoxy groups -OCH3 is 1. The van der Waals surface area contributed by atoms with Crippen LogP contribution >= 0.6 is 7.82 Å². The summed E-state index contributed by atoms with van der Waals surface area (Å²) in [5.41, 5.74) is 0.658. The fourth-order valence-electron chi connectivity index (χ4n) is 1.60. The monoisotopic (exact) mass is 328 g/mol. The summed E-state index contributed by atoms with van der Waals surface area (Å²) in [6.45, 7) is 3.73. The Bertz CT molecular complexity index is 530. The van der Waals surface area contributed by atoms with E-state index in [0.29, 0.717) is 5.56 Å². The third-order valence-corrected chi connectivity index (χ3v) is 4.09. The maximum Gasteiger partial charge on any atom is 0.530 e. The maximum atomic E-state index is 12.5. The number of carbonyl (C=O) groups excluding carboxylic acids is 1. The van der Waals surface area contributed by atoms with Crippen molar-refractivity contribution in [1.82, 2.24) is 0 Å². The van der Waals surface area contributed by atoms with Crippen LogP contribution in [0.1, 0.15) is 25.8 Å². The molecule has 7 heteroatoms. The molecule has 0 atom stereocenters. The molecule has 0 saturated heterocycles. The van der Waals surface area contributed by atoms with Crippen LogP contribution in [-0.2, 0) is 27.7 Å². The second-order valence-corrected chi connectivity index (χ2v) is 5.68. The zero-order valence-electron chi connectivity index (χ0n) is 13.0. The van der Waals surface area contributed by atoms with E-state index in [-0.39, 0.29) is 25.4 Å². The number of benzene rings is 1. The van der Waals surface area contributed by atoms with E-state index >= 15 is 0 Å². The predicted octanol–water partition coefficient (Wildman–Crippen LogP) is 3.79. The number of hydrogen-bond acceptors (Lipinski definition) is 6. The van der Waals surface area contributed by atoms with Crippen molar-refractivity contribution < 1.29 is 27.7 Å². The molecule has 6 nitrogen and oxygen atoms in total. The van der Waals surface area contributed by atoms with Gasteiger partial charge in [0.1, 0.15) is 5.76 Å². The highest BCUT2D eigenvalue weighted by Gasteiger charge is 2.28. The van der Waals surface area contributed by atoms with Crippen LogP contribution < -0.4 is 0 Å². The molecule has 1 aromatic rings. The lowest BCUT2D eigenvalue weighted by Gasteiger charge is -2.19. The summed E-state index contributed by atoms with van der Waals surface area (Å²) in [7, 11) is -2.43. The first-order valence-corrected chi connectivity index (χ1v) is 8.41. The fraction of sp³-hybridized carbons (Fsp3) is 0.400. The number of phosphoric ester groups is 1. The zero-order chi connectivity index (χ0) is 16.4. The highest BCUT2D eigenvalue weighted by molar-refractivity contribution is 7.48. The van der Waals surface area contributed by atoms with Gasteiger partial charge in [0.2, 0.25) is 0 Å². The van der Waals surface area contributed by atoms with Crippen molar-refractivity contribution in [2.45, 2.75) is 20.3 Å². The molecule has 1 aromatic carbocycles. The minimum atomic E-state index is -3.73. The zero-order valence-corrected chi connectivity index (χ0v) is 13.9. The summed E-state index contributed by atoms with van der Waals surface area (Å²) in [5.74, 6) is -0.184. The molecule has 22 heavy (non-hydrogen) atoms. The second kappa shape index (κ2) is 9.41. The van der Waals surface area contributed by atoms with Crippen LogP contribution in [0.25, 0.3) is 5.76 Å². The van der Waals surface area contributed by atoms with Crippen molar-refractivity contribution in [3.05, 3.63) is 42.0 Å². The van der Waals surface area contributed by atoms with Crippen LogP contribution in [0.3, 0.4) is 0 Å². The Kier molecular flexibility index (Phi) is 7.88.